The van der Waals surface area contributed by atoms with Crippen molar-refractivity contribution in [1.82, 2.24) is 0 Å². The Morgan fingerprint density at radius 1 is 0.727 bits per heavy atom. The van der Waals surface area contributed by atoms with Gasteiger partial charge >= 0.3 is 0 Å². The molecular formula is C20H24Si2. The molecule has 1 aliphatic rings. The van der Waals surface area contributed by atoms with E-state index >= 15 is 0 Å². The van der Waals surface area contributed by atoms with Gasteiger partial charge in [0.2, 0.25) is 0 Å². The highest BCUT2D eigenvalue weighted by molar-refractivity contribution is 6.73. The molecule has 0 N–H and O–H groups in total. The van der Waals surface area contributed by atoms with Gasteiger partial charge in [0.05, 0.1) is 19.0 Å². The summed E-state index contributed by atoms with van der Waals surface area (Å²) in [5.74, 6) is 0.978. The minimum absolute atomic E-state index is 0.841. The molecule has 0 spiro atoms. The molecule has 112 valence electrons. The van der Waals surface area contributed by atoms with Crippen molar-refractivity contribution in [2.24, 2.45) is 5.92 Å². The second kappa shape index (κ2) is 8.49. The van der Waals surface area contributed by atoms with E-state index in [-0.39, 0.29) is 0 Å². The minimum Gasteiger partial charge on any atom is -0.0642 e. The molecule has 2 aromatic rings. The third-order valence-electron chi connectivity index (χ3n) is 4.52. The fourth-order valence-corrected chi connectivity index (χ4v) is 7.15. The summed E-state index contributed by atoms with van der Waals surface area (Å²) in [7, 11) is 1.92. The zero-order valence-electron chi connectivity index (χ0n) is 13.2. The summed E-state index contributed by atoms with van der Waals surface area (Å²) in [5, 5.41) is 3.91. The monoisotopic (exact) mass is 320 g/mol. The van der Waals surface area contributed by atoms with Crippen LogP contribution in [0.25, 0.3) is 0 Å². The molecule has 1 saturated carbocycles. The van der Waals surface area contributed by atoms with Crippen LogP contribution in [-0.4, -0.2) is 19.0 Å². The average molecular weight is 321 g/mol. The molecular weight excluding hydrogens is 296 g/mol. The summed E-state index contributed by atoms with van der Waals surface area (Å²) in [6.07, 6.45) is 8.74. The molecule has 0 aliphatic heterocycles. The molecule has 0 nitrogen and oxygen atoms in total. The van der Waals surface area contributed by atoms with Crippen LogP contribution in [0.5, 0.6) is 0 Å². The van der Waals surface area contributed by atoms with Crippen molar-refractivity contribution in [3.63, 3.8) is 0 Å². The van der Waals surface area contributed by atoms with Crippen LogP contribution >= 0.6 is 0 Å². The van der Waals surface area contributed by atoms with E-state index in [1.54, 1.807) is 0 Å². The van der Waals surface area contributed by atoms with Crippen molar-refractivity contribution >= 4 is 29.4 Å². The highest BCUT2D eigenvalue weighted by Crippen LogP contribution is 2.30. The van der Waals surface area contributed by atoms with Crippen LogP contribution in [0.1, 0.15) is 38.5 Å². The first-order chi connectivity index (χ1) is 10.9. The topological polar surface area (TPSA) is 0 Å². The van der Waals surface area contributed by atoms with Crippen molar-refractivity contribution in [3.05, 3.63) is 60.7 Å². The Morgan fingerprint density at radius 3 is 1.73 bits per heavy atom. The molecule has 0 atom stereocenters. The van der Waals surface area contributed by atoms with E-state index in [1.165, 1.54) is 48.9 Å². The van der Waals surface area contributed by atoms with E-state index in [1.807, 2.05) is 0 Å². The Morgan fingerprint density at radius 2 is 1.23 bits per heavy atom. The standard InChI is InChI=1S/C20H24Si2/c1-4-10-17(11-5-1)16-20(21-18-12-6-2-7-13-18)22-19-14-8-3-9-15-19/h2-3,6-9,12-15,17,20H,1,4-5,10-11,16H2. The van der Waals surface area contributed by atoms with Crippen LogP contribution in [-0.2, 0) is 0 Å². The quantitative estimate of drug-likeness (QED) is 0.711. The highest BCUT2D eigenvalue weighted by atomic mass is 28.3. The lowest BCUT2D eigenvalue weighted by Crippen LogP contribution is -2.31. The number of benzene rings is 2. The molecule has 4 radical (unpaired) electrons. The van der Waals surface area contributed by atoms with Crippen molar-refractivity contribution in [2.45, 2.75) is 43.7 Å². The second-order valence-electron chi connectivity index (χ2n) is 6.31. The van der Waals surface area contributed by atoms with Crippen molar-refractivity contribution < 1.29 is 0 Å². The van der Waals surface area contributed by atoms with Crippen LogP contribution < -0.4 is 10.4 Å². The molecule has 1 fully saturated rings. The SMILES string of the molecule is c1ccc([Si]C(CC2CCCCC2)[Si]c2ccccc2)cc1. The van der Waals surface area contributed by atoms with Gasteiger partial charge in [-0.05, 0) is 11.1 Å². The maximum Gasteiger partial charge on any atom is 0.0811 e. The van der Waals surface area contributed by atoms with Crippen LogP contribution in [0.15, 0.2) is 60.7 Å². The van der Waals surface area contributed by atoms with Crippen LogP contribution in [0, 0.1) is 5.92 Å². The lowest BCUT2D eigenvalue weighted by atomic mass is 9.87. The average Bonchev–Trinajstić information content (AvgIpc) is 2.57. The molecule has 0 heterocycles. The van der Waals surface area contributed by atoms with Crippen LogP contribution in [0.2, 0.25) is 5.16 Å². The number of hydrogen-bond acceptors (Lipinski definition) is 0. The van der Waals surface area contributed by atoms with Crippen molar-refractivity contribution in [3.8, 4) is 0 Å². The maximum absolute atomic E-state index is 2.31. The van der Waals surface area contributed by atoms with E-state index in [0.29, 0.717) is 0 Å². The van der Waals surface area contributed by atoms with Crippen molar-refractivity contribution in [1.29, 1.82) is 0 Å². The van der Waals surface area contributed by atoms with Gasteiger partial charge in [0.1, 0.15) is 0 Å². The molecule has 1 aliphatic carbocycles. The smallest absolute Gasteiger partial charge is 0.0642 e. The van der Waals surface area contributed by atoms with Crippen molar-refractivity contribution in [2.75, 3.05) is 0 Å². The normalized spacial score (nSPS) is 16.0. The third-order valence-corrected chi connectivity index (χ3v) is 7.89. The van der Waals surface area contributed by atoms with E-state index in [4.69, 9.17) is 0 Å². The summed E-state index contributed by atoms with van der Waals surface area (Å²) in [5.41, 5.74) is 0. The first kappa shape index (κ1) is 15.8. The summed E-state index contributed by atoms with van der Waals surface area (Å²) < 4.78 is 0. The Hall–Kier alpha value is -1.13. The van der Waals surface area contributed by atoms with Gasteiger partial charge in [-0.2, -0.15) is 0 Å². The lowest BCUT2D eigenvalue weighted by molar-refractivity contribution is 0.345. The third kappa shape index (κ3) is 4.96. The number of rotatable bonds is 6. The second-order valence-corrected chi connectivity index (χ2v) is 10.0. The molecule has 22 heavy (non-hydrogen) atoms. The molecule has 0 bridgehead atoms. The summed E-state index contributed by atoms with van der Waals surface area (Å²) in [4.78, 5) is 0. The molecule has 0 saturated heterocycles. The van der Waals surface area contributed by atoms with E-state index in [0.717, 1.165) is 30.1 Å². The summed E-state index contributed by atoms with van der Waals surface area (Å²) in [6, 6.07) is 22.2. The largest absolute Gasteiger partial charge is 0.0811 e. The van der Waals surface area contributed by atoms with Gasteiger partial charge in [0.25, 0.3) is 0 Å². The van der Waals surface area contributed by atoms with Gasteiger partial charge in [-0.1, -0.05) is 110 Å². The van der Waals surface area contributed by atoms with Gasteiger partial charge < -0.3 is 0 Å². The van der Waals surface area contributed by atoms with Gasteiger partial charge in [-0.25, -0.2) is 0 Å². The Balaban J connectivity index is 1.66. The number of hydrogen-bond donors (Lipinski definition) is 0. The molecule has 0 unspecified atom stereocenters. The summed E-state index contributed by atoms with van der Waals surface area (Å²) >= 11 is 0. The van der Waals surface area contributed by atoms with Crippen LogP contribution in [0.3, 0.4) is 0 Å². The van der Waals surface area contributed by atoms with Gasteiger partial charge in [-0.15, -0.1) is 0 Å². The predicted molar refractivity (Wildman–Crippen MR) is 98.6 cm³/mol. The van der Waals surface area contributed by atoms with E-state index in [2.05, 4.69) is 60.7 Å². The van der Waals surface area contributed by atoms with Gasteiger partial charge in [0, 0.05) is 0 Å². The minimum atomic E-state index is 0.841. The Kier molecular flexibility index (Phi) is 6.08. The van der Waals surface area contributed by atoms with E-state index in [9.17, 15) is 0 Å². The van der Waals surface area contributed by atoms with E-state index < -0.39 is 0 Å². The van der Waals surface area contributed by atoms with Crippen LogP contribution in [0.4, 0.5) is 0 Å². The molecule has 3 rings (SSSR count). The molecule has 0 amide bonds. The molecule has 0 aromatic heterocycles. The van der Waals surface area contributed by atoms with Gasteiger partial charge in [-0.3, -0.25) is 0 Å². The van der Waals surface area contributed by atoms with Gasteiger partial charge in [0.15, 0.2) is 0 Å². The first-order valence-corrected chi connectivity index (χ1v) is 10.7. The predicted octanol–water partition coefficient (Wildman–Crippen LogP) is 3.76. The fourth-order valence-electron chi connectivity index (χ4n) is 3.38. The zero-order chi connectivity index (χ0) is 15.0. The molecule has 2 aromatic carbocycles. The zero-order valence-corrected chi connectivity index (χ0v) is 15.2. The Labute approximate surface area is 140 Å². The summed E-state index contributed by atoms with van der Waals surface area (Å²) in [6.45, 7) is 0. The maximum atomic E-state index is 2.31. The first-order valence-electron chi connectivity index (χ1n) is 8.53. The fraction of sp³-hybridized carbons (Fsp3) is 0.400. The highest BCUT2D eigenvalue weighted by Gasteiger charge is 2.20. The lowest BCUT2D eigenvalue weighted by Gasteiger charge is -2.26. The molecule has 2 heteroatoms. The Bertz CT molecular complexity index is 491.